The smallest absolute Gasteiger partial charge is 0.238 e. The molecule has 0 saturated heterocycles. The van der Waals surface area contributed by atoms with Crippen LogP contribution in [0.25, 0.3) is 16.7 Å². The van der Waals surface area contributed by atoms with Crippen LogP contribution in [0.3, 0.4) is 0 Å². The minimum Gasteiger partial charge on any atom is -0.479 e. The van der Waals surface area contributed by atoms with Crippen LogP contribution in [0.2, 0.25) is 5.02 Å². The summed E-state index contributed by atoms with van der Waals surface area (Å²) in [6, 6.07) is 3.15. The number of amidine groups is 1. The lowest BCUT2D eigenvalue weighted by molar-refractivity contribution is -0.00456. The van der Waals surface area contributed by atoms with Gasteiger partial charge in [-0.1, -0.05) is 11.6 Å². The largest absolute Gasteiger partial charge is 0.479 e. The van der Waals surface area contributed by atoms with E-state index in [1.54, 1.807) is 37.3 Å². The lowest BCUT2D eigenvalue weighted by Gasteiger charge is -2.27. The molecule has 0 bridgehead atoms. The summed E-state index contributed by atoms with van der Waals surface area (Å²) in [6.07, 6.45) is 6.30. The summed E-state index contributed by atoms with van der Waals surface area (Å²) in [5.74, 6) is 0.272. The van der Waals surface area contributed by atoms with Crippen LogP contribution in [-0.2, 0) is 11.9 Å². The van der Waals surface area contributed by atoms with Crippen molar-refractivity contribution in [2.24, 2.45) is 12.0 Å². The Balaban J connectivity index is 1.59. The SMILES string of the molecule is COc1nc(C2=N[C@H](c3cn(C)c4ncc(Cl)c(F)c34)[C@H](C)ON2)ccc1-n1cnc(C)c1. The first kappa shape index (κ1) is 21.4. The topological polar surface area (TPSA) is 91.4 Å². The number of rotatable bonds is 4. The maximum atomic E-state index is 15.0. The summed E-state index contributed by atoms with van der Waals surface area (Å²) in [5, 5.41) is 0.283. The van der Waals surface area contributed by atoms with Gasteiger partial charge in [-0.15, -0.1) is 0 Å². The molecule has 0 saturated carbocycles. The van der Waals surface area contributed by atoms with Crippen LogP contribution in [-0.4, -0.2) is 43.1 Å². The monoisotopic (exact) mass is 469 g/mol. The summed E-state index contributed by atoms with van der Waals surface area (Å²) in [6.45, 7) is 3.76. The van der Waals surface area contributed by atoms with E-state index in [0.29, 0.717) is 34.0 Å². The number of hydrogen-bond donors (Lipinski definition) is 1. The molecule has 1 aliphatic heterocycles. The van der Waals surface area contributed by atoms with Gasteiger partial charge in [0.15, 0.2) is 11.7 Å². The van der Waals surface area contributed by atoms with E-state index in [1.165, 1.54) is 6.20 Å². The number of fused-ring (bicyclic) bond motifs is 1. The van der Waals surface area contributed by atoms with Crippen LogP contribution >= 0.6 is 11.6 Å². The second-order valence-electron chi connectivity index (χ2n) is 7.81. The van der Waals surface area contributed by atoms with Crippen molar-refractivity contribution in [2.75, 3.05) is 7.11 Å². The molecule has 33 heavy (non-hydrogen) atoms. The van der Waals surface area contributed by atoms with Gasteiger partial charge in [0.2, 0.25) is 5.88 Å². The molecule has 1 N–H and O–H groups in total. The molecule has 4 aromatic rings. The van der Waals surface area contributed by atoms with Gasteiger partial charge in [-0.05, 0) is 26.0 Å². The zero-order valence-corrected chi connectivity index (χ0v) is 19.1. The molecular weight excluding hydrogens is 449 g/mol. The van der Waals surface area contributed by atoms with Crippen molar-refractivity contribution >= 4 is 28.5 Å². The fourth-order valence-corrected chi connectivity index (χ4v) is 4.07. The Hall–Kier alpha value is -3.50. The molecule has 0 aromatic carbocycles. The summed E-state index contributed by atoms with van der Waals surface area (Å²) in [4.78, 5) is 23.7. The number of ether oxygens (including phenoxy) is 1. The van der Waals surface area contributed by atoms with Gasteiger partial charge in [0.05, 0.1) is 35.7 Å². The first-order chi connectivity index (χ1) is 15.9. The van der Waals surface area contributed by atoms with Crippen molar-refractivity contribution in [1.29, 1.82) is 0 Å². The van der Waals surface area contributed by atoms with Crippen molar-refractivity contribution in [1.82, 2.24) is 29.6 Å². The summed E-state index contributed by atoms with van der Waals surface area (Å²) >= 11 is 6.01. The van der Waals surface area contributed by atoms with Gasteiger partial charge in [-0.3, -0.25) is 9.83 Å². The molecule has 0 aliphatic carbocycles. The molecule has 0 unspecified atom stereocenters. The number of imidazole rings is 1. The quantitative estimate of drug-likeness (QED) is 0.490. The number of methoxy groups -OCH3 is 1. The van der Waals surface area contributed by atoms with Gasteiger partial charge in [0.25, 0.3) is 0 Å². The minimum atomic E-state index is -0.528. The van der Waals surface area contributed by atoms with Crippen LogP contribution in [0.4, 0.5) is 4.39 Å². The fraction of sp³-hybridized carbons (Fsp3) is 0.273. The number of halogens is 2. The second-order valence-corrected chi connectivity index (χ2v) is 8.22. The molecule has 170 valence electrons. The molecule has 9 nitrogen and oxygen atoms in total. The highest BCUT2D eigenvalue weighted by Gasteiger charge is 2.31. The van der Waals surface area contributed by atoms with E-state index in [2.05, 4.69) is 20.4 Å². The predicted molar refractivity (Wildman–Crippen MR) is 121 cm³/mol. The van der Waals surface area contributed by atoms with E-state index >= 15 is 0 Å². The third kappa shape index (κ3) is 3.61. The Bertz CT molecular complexity index is 1400. The van der Waals surface area contributed by atoms with Crippen LogP contribution < -0.4 is 10.2 Å². The highest BCUT2D eigenvalue weighted by Crippen LogP contribution is 2.36. The van der Waals surface area contributed by atoms with E-state index < -0.39 is 11.9 Å². The van der Waals surface area contributed by atoms with Crippen molar-refractivity contribution in [3.63, 3.8) is 0 Å². The summed E-state index contributed by atoms with van der Waals surface area (Å²) in [7, 11) is 3.35. The number of aromatic nitrogens is 5. The van der Waals surface area contributed by atoms with Gasteiger partial charge in [-0.25, -0.2) is 24.8 Å². The molecule has 4 aromatic heterocycles. The average molecular weight is 470 g/mol. The Labute approximate surface area is 193 Å². The second kappa shape index (κ2) is 8.13. The van der Waals surface area contributed by atoms with Gasteiger partial charge in [-0.2, -0.15) is 0 Å². The predicted octanol–water partition coefficient (Wildman–Crippen LogP) is 3.67. The third-order valence-electron chi connectivity index (χ3n) is 5.55. The number of aliphatic imine (C=N–C) groups is 1. The zero-order chi connectivity index (χ0) is 23.3. The maximum Gasteiger partial charge on any atom is 0.238 e. The molecule has 0 radical (unpaired) electrons. The lowest BCUT2D eigenvalue weighted by Crippen LogP contribution is -2.38. The Kier molecular flexibility index (Phi) is 5.26. The van der Waals surface area contributed by atoms with Crippen LogP contribution in [0.5, 0.6) is 5.88 Å². The number of aryl methyl sites for hydroxylation is 2. The lowest BCUT2D eigenvalue weighted by atomic mass is 10.0. The number of pyridine rings is 2. The normalized spacial score (nSPS) is 18.3. The van der Waals surface area contributed by atoms with Crippen LogP contribution in [0.1, 0.15) is 29.9 Å². The number of nitrogens with one attached hydrogen (secondary N) is 1. The molecule has 5 heterocycles. The standard InChI is InChI=1S/C22H21ClFN7O2/c1-11-8-31(10-26-11)16-6-5-15(27-22(16)32-4)20-28-19(12(2)33-29-20)13-9-30(3)21-17(13)18(24)14(23)7-25-21/h5-10,12,19H,1-4H3,(H,28,29)/t12-,19-/m0/s1. The molecule has 1 aliphatic rings. The van der Waals surface area contributed by atoms with Gasteiger partial charge >= 0.3 is 0 Å². The molecule has 2 atom stereocenters. The first-order valence-electron chi connectivity index (χ1n) is 10.2. The third-order valence-corrected chi connectivity index (χ3v) is 5.81. The average Bonchev–Trinajstić information content (AvgIpc) is 3.39. The van der Waals surface area contributed by atoms with E-state index in [4.69, 9.17) is 26.2 Å². The molecule has 5 rings (SSSR count). The van der Waals surface area contributed by atoms with Gasteiger partial charge in [0.1, 0.15) is 29.2 Å². The van der Waals surface area contributed by atoms with E-state index in [9.17, 15) is 4.39 Å². The van der Waals surface area contributed by atoms with Crippen molar-refractivity contribution in [3.8, 4) is 11.6 Å². The van der Waals surface area contributed by atoms with Crippen LogP contribution in [0.15, 0.2) is 42.0 Å². The summed E-state index contributed by atoms with van der Waals surface area (Å²) < 4.78 is 24.0. The Morgan fingerprint density at radius 1 is 1.24 bits per heavy atom. The summed E-state index contributed by atoms with van der Waals surface area (Å²) in [5.41, 5.74) is 6.09. The first-order valence-corrected chi connectivity index (χ1v) is 10.6. The molecular formula is C22H21ClFN7O2. The highest BCUT2D eigenvalue weighted by atomic mass is 35.5. The highest BCUT2D eigenvalue weighted by molar-refractivity contribution is 6.31. The van der Waals surface area contributed by atoms with Crippen molar-refractivity contribution < 1.29 is 14.0 Å². The fourth-order valence-electron chi connectivity index (χ4n) is 3.93. The zero-order valence-electron chi connectivity index (χ0n) is 18.4. The van der Waals surface area contributed by atoms with Crippen molar-refractivity contribution in [2.45, 2.75) is 26.0 Å². The van der Waals surface area contributed by atoms with Gasteiger partial charge in [0, 0.05) is 25.0 Å². The van der Waals surface area contributed by atoms with E-state index in [-0.39, 0.29) is 11.1 Å². The number of nitrogens with zero attached hydrogens (tertiary/aromatic N) is 6. The Morgan fingerprint density at radius 2 is 2.06 bits per heavy atom. The maximum absolute atomic E-state index is 15.0. The molecule has 0 amide bonds. The van der Waals surface area contributed by atoms with Crippen LogP contribution in [0, 0.1) is 12.7 Å². The molecule has 0 spiro atoms. The van der Waals surface area contributed by atoms with Crippen molar-refractivity contribution in [3.05, 3.63) is 64.8 Å². The Morgan fingerprint density at radius 3 is 2.79 bits per heavy atom. The number of hydroxylamine groups is 1. The molecule has 11 heteroatoms. The number of hydrogen-bond acceptors (Lipinski definition) is 7. The van der Waals surface area contributed by atoms with E-state index in [0.717, 1.165) is 11.4 Å². The van der Waals surface area contributed by atoms with E-state index in [1.807, 2.05) is 30.7 Å². The molecule has 0 fully saturated rings. The minimum absolute atomic E-state index is 0.0432. The van der Waals surface area contributed by atoms with Gasteiger partial charge < -0.3 is 13.9 Å².